The zero-order chi connectivity index (χ0) is 15.9. The van der Waals surface area contributed by atoms with Gasteiger partial charge in [-0.3, -0.25) is 0 Å². The quantitative estimate of drug-likeness (QED) is 0.541. The van der Waals surface area contributed by atoms with Gasteiger partial charge < -0.3 is 25.0 Å². The van der Waals surface area contributed by atoms with E-state index in [-0.39, 0.29) is 11.5 Å². The molecule has 0 aliphatic carbocycles. The predicted molar refractivity (Wildman–Crippen MR) is 84.7 cm³/mol. The van der Waals surface area contributed by atoms with Crippen LogP contribution in [0.2, 0.25) is 0 Å². The van der Waals surface area contributed by atoms with Gasteiger partial charge in [-0.15, -0.1) is 0 Å². The maximum absolute atomic E-state index is 9.70. The molecule has 0 saturated heterocycles. The van der Waals surface area contributed by atoms with Crippen LogP contribution in [0, 0.1) is 0 Å². The van der Waals surface area contributed by atoms with Crippen molar-refractivity contribution in [3.8, 4) is 23.0 Å². The van der Waals surface area contributed by atoms with Crippen LogP contribution in [0.5, 0.6) is 23.0 Å². The van der Waals surface area contributed by atoms with Crippen molar-refractivity contribution in [1.29, 1.82) is 0 Å². The molecule has 22 heavy (non-hydrogen) atoms. The molecule has 3 N–H and O–H groups in total. The fourth-order valence-corrected chi connectivity index (χ4v) is 2.21. The molecule has 0 saturated carbocycles. The minimum atomic E-state index is 0.148. The molecule has 0 aliphatic heterocycles. The lowest BCUT2D eigenvalue weighted by molar-refractivity contribution is 0.354. The average Bonchev–Trinajstić information content (AvgIpc) is 2.54. The number of phenolic OH excluding ortho intramolecular Hbond substituents is 2. The predicted octanol–water partition coefficient (Wildman–Crippen LogP) is 2.45. The monoisotopic (exact) mass is 303 g/mol. The normalized spacial score (nSPS) is 10.5. The molecule has 0 heterocycles. The Morgan fingerprint density at radius 3 is 2.45 bits per heavy atom. The molecule has 0 spiro atoms. The number of hydrogen-bond acceptors (Lipinski definition) is 5. The van der Waals surface area contributed by atoms with Crippen molar-refractivity contribution in [2.24, 2.45) is 0 Å². The fourth-order valence-electron chi connectivity index (χ4n) is 2.21. The van der Waals surface area contributed by atoms with Gasteiger partial charge in [-0.25, -0.2) is 0 Å². The van der Waals surface area contributed by atoms with Gasteiger partial charge in [-0.05, 0) is 48.9 Å². The molecule has 2 rings (SSSR count). The number of hydrogen-bond donors (Lipinski definition) is 3. The summed E-state index contributed by atoms with van der Waals surface area (Å²) in [5.41, 5.74) is 1.80. The van der Waals surface area contributed by atoms with Gasteiger partial charge in [0.2, 0.25) is 0 Å². The third-order valence-electron chi connectivity index (χ3n) is 3.42. The maximum Gasteiger partial charge on any atom is 0.160 e. The topological polar surface area (TPSA) is 71.0 Å². The summed E-state index contributed by atoms with van der Waals surface area (Å²) in [6.07, 6.45) is 0.819. The van der Waals surface area contributed by atoms with Gasteiger partial charge in [0.25, 0.3) is 0 Å². The van der Waals surface area contributed by atoms with Crippen LogP contribution in [0.4, 0.5) is 0 Å². The van der Waals surface area contributed by atoms with E-state index < -0.39 is 0 Å². The first-order chi connectivity index (χ1) is 10.6. The molecule has 0 fully saturated rings. The first-order valence-electron chi connectivity index (χ1n) is 7.06. The van der Waals surface area contributed by atoms with Crippen molar-refractivity contribution in [1.82, 2.24) is 5.32 Å². The standard InChI is InChI=1S/C17H21NO4/c1-21-16-6-3-12(9-17(16)22-2)7-8-18-11-13-10-14(19)4-5-15(13)20/h3-6,9-10,18-20H,7-8,11H2,1-2H3. The van der Waals surface area contributed by atoms with E-state index in [4.69, 9.17) is 9.47 Å². The van der Waals surface area contributed by atoms with E-state index >= 15 is 0 Å². The summed E-state index contributed by atoms with van der Waals surface area (Å²) in [7, 11) is 3.23. The number of aromatic hydroxyl groups is 2. The highest BCUT2D eigenvalue weighted by atomic mass is 16.5. The van der Waals surface area contributed by atoms with Gasteiger partial charge in [0, 0.05) is 12.1 Å². The lowest BCUT2D eigenvalue weighted by Crippen LogP contribution is -2.16. The van der Waals surface area contributed by atoms with Crippen LogP contribution in [0.1, 0.15) is 11.1 Å². The third-order valence-corrected chi connectivity index (χ3v) is 3.42. The van der Waals surface area contributed by atoms with E-state index in [1.165, 1.54) is 12.1 Å². The average molecular weight is 303 g/mol. The molecule has 0 amide bonds. The Balaban J connectivity index is 1.87. The molecule has 0 aliphatic rings. The van der Waals surface area contributed by atoms with Crippen LogP contribution in [0.3, 0.4) is 0 Å². The van der Waals surface area contributed by atoms with Crippen LogP contribution >= 0.6 is 0 Å². The maximum atomic E-state index is 9.70. The second-order valence-electron chi connectivity index (χ2n) is 4.93. The highest BCUT2D eigenvalue weighted by molar-refractivity contribution is 5.43. The van der Waals surface area contributed by atoms with Crippen molar-refractivity contribution in [3.05, 3.63) is 47.5 Å². The highest BCUT2D eigenvalue weighted by Gasteiger charge is 2.05. The van der Waals surface area contributed by atoms with Crippen LogP contribution in [0.15, 0.2) is 36.4 Å². The Morgan fingerprint density at radius 1 is 0.955 bits per heavy atom. The summed E-state index contributed by atoms with van der Waals surface area (Å²) in [5, 5.41) is 22.4. The van der Waals surface area contributed by atoms with E-state index in [0.717, 1.165) is 18.5 Å². The van der Waals surface area contributed by atoms with Crippen molar-refractivity contribution in [2.75, 3.05) is 20.8 Å². The zero-order valence-corrected chi connectivity index (χ0v) is 12.8. The number of phenols is 2. The molecule has 0 bridgehead atoms. The van der Waals surface area contributed by atoms with Crippen LogP contribution in [-0.2, 0) is 13.0 Å². The molecular weight excluding hydrogens is 282 g/mol. The Labute approximate surface area is 130 Å². The summed E-state index contributed by atoms with van der Waals surface area (Å²) >= 11 is 0. The Morgan fingerprint density at radius 2 is 1.73 bits per heavy atom. The number of nitrogens with one attached hydrogen (secondary N) is 1. The van der Waals surface area contributed by atoms with Crippen LogP contribution in [0.25, 0.3) is 0 Å². The molecule has 5 nitrogen and oxygen atoms in total. The molecule has 0 radical (unpaired) electrons. The first kappa shape index (κ1) is 16.0. The minimum Gasteiger partial charge on any atom is -0.508 e. The molecule has 2 aromatic rings. The molecule has 0 aromatic heterocycles. The van der Waals surface area contributed by atoms with Crippen molar-refractivity contribution >= 4 is 0 Å². The van der Waals surface area contributed by atoms with E-state index in [9.17, 15) is 10.2 Å². The zero-order valence-electron chi connectivity index (χ0n) is 12.8. The molecular formula is C17H21NO4. The largest absolute Gasteiger partial charge is 0.508 e. The SMILES string of the molecule is COc1ccc(CCNCc2cc(O)ccc2O)cc1OC. The summed E-state index contributed by atoms with van der Waals surface area (Å²) in [6.45, 7) is 1.23. The highest BCUT2D eigenvalue weighted by Crippen LogP contribution is 2.27. The minimum absolute atomic E-state index is 0.148. The molecule has 0 atom stereocenters. The molecule has 5 heteroatoms. The van der Waals surface area contributed by atoms with Crippen molar-refractivity contribution in [3.63, 3.8) is 0 Å². The first-order valence-corrected chi connectivity index (χ1v) is 7.06. The van der Waals surface area contributed by atoms with Crippen LogP contribution in [-0.4, -0.2) is 31.0 Å². The smallest absolute Gasteiger partial charge is 0.160 e. The Hall–Kier alpha value is -2.40. The summed E-state index contributed by atoms with van der Waals surface area (Å²) < 4.78 is 10.5. The molecule has 2 aromatic carbocycles. The number of ether oxygens (including phenoxy) is 2. The number of benzene rings is 2. The van der Waals surface area contributed by atoms with Gasteiger partial charge in [0.15, 0.2) is 11.5 Å². The summed E-state index contributed by atoms with van der Waals surface area (Å²) in [5.74, 6) is 1.75. The van der Waals surface area contributed by atoms with Crippen LogP contribution < -0.4 is 14.8 Å². The van der Waals surface area contributed by atoms with E-state index in [1.807, 2.05) is 18.2 Å². The molecule has 118 valence electrons. The van der Waals surface area contributed by atoms with E-state index in [2.05, 4.69) is 5.32 Å². The second kappa shape index (κ2) is 7.56. The lowest BCUT2D eigenvalue weighted by Gasteiger charge is -2.10. The second-order valence-corrected chi connectivity index (χ2v) is 4.93. The van der Waals surface area contributed by atoms with E-state index in [1.54, 1.807) is 20.3 Å². The van der Waals surface area contributed by atoms with Gasteiger partial charge in [-0.2, -0.15) is 0 Å². The fraction of sp³-hybridized carbons (Fsp3) is 0.294. The van der Waals surface area contributed by atoms with Crippen molar-refractivity contribution < 1.29 is 19.7 Å². The van der Waals surface area contributed by atoms with E-state index in [0.29, 0.717) is 23.6 Å². The van der Waals surface area contributed by atoms with Crippen molar-refractivity contribution in [2.45, 2.75) is 13.0 Å². The summed E-state index contributed by atoms with van der Waals surface area (Å²) in [6, 6.07) is 10.3. The number of methoxy groups -OCH3 is 2. The van der Waals surface area contributed by atoms with Gasteiger partial charge in [-0.1, -0.05) is 6.07 Å². The van der Waals surface area contributed by atoms with Gasteiger partial charge in [0.1, 0.15) is 11.5 Å². The Bertz CT molecular complexity index is 628. The molecule has 0 unspecified atom stereocenters. The Kier molecular flexibility index (Phi) is 5.49. The van der Waals surface area contributed by atoms with Gasteiger partial charge >= 0.3 is 0 Å². The third kappa shape index (κ3) is 4.05. The number of rotatable bonds is 7. The van der Waals surface area contributed by atoms with Gasteiger partial charge in [0.05, 0.1) is 14.2 Å². The summed E-state index contributed by atoms with van der Waals surface area (Å²) in [4.78, 5) is 0. The lowest BCUT2D eigenvalue weighted by atomic mass is 10.1.